The van der Waals surface area contributed by atoms with Crippen molar-refractivity contribution in [1.29, 1.82) is 0 Å². The van der Waals surface area contributed by atoms with Gasteiger partial charge in [-0.2, -0.15) is 0 Å². The Morgan fingerprint density at radius 3 is 2.38 bits per heavy atom. The summed E-state index contributed by atoms with van der Waals surface area (Å²) in [6.07, 6.45) is 1.07. The van der Waals surface area contributed by atoms with E-state index in [0.29, 0.717) is 10.7 Å². The van der Waals surface area contributed by atoms with E-state index in [4.69, 9.17) is 9.47 Å². The highest BCUT2D eigenvalue weighted by Gasteiger charge is 2.15. The van der Waals surface area contributed by atoms with Crippen LogP contribution >= 0.6 is 15.9 Å². The van der Waals surface area contributed by atoms with Crippen LogP contribution in [0.15, 0.2) is 18.2 Å². The van der Waals surface area contributed by atoms with E-state index in [1.165, 1.54) is 0 Å². The van der Waals surface area contributed by atoms with Gasteiger partial charge in [0.05, 0.1) is 14.2 Å². The van der Waals surface area contributed by atoms with Crippen LogP contribution in [0.4, 0.5) is 0 Å². The lowest BCUT2D eigenvalue weighted by molar-refractivity contribution is 0.397. The summed E-state index contributed by atoms with van der Waals surface area (Å²) in [5.74, 6) is 2.41. The monoisotopic (exact) mass is 286 g/mol. The molecular formula is C13H19BrO2. The third kappa shape index (κ3) is 3.41. The molecule has 0 aliphatic carbocycles. The van der Waals surface area contributed by atoms with Crippen molar-refractivity contribution in [1.82, 2.24) is 0 Å². The Kier molecular flexibility index (Phi) is 5.13. The molecule has 0 N–H and O–H groups in total. The van der Waals surface area contributed by atoms with Crippen LogP contribution in [0.25, 0.3) is 0 Å². The molecule has 1 unspecified atom stereocenters. The Morgan fingerprint density at radius 1 is 1.19 bits per heavy atom. The lowest BCUT2D eigenvalue weighted by Gasteiger charge is -2.17. The number of methoxy groups -OCH3 is 2. The Bertz CT molecular complexity index is 337. The average molecular weight is 287 g/mol. The van der Waals surface area contributed by atoms with Crippen molar-refractivity contribution < 1.29 is 9.47 Å². The molecule has 0 radical (unpaired) electrons. The topological polar surface area (TPSA) is 18.5 Å². The van der Waals surface area contributed by atoms with Gasteiger partial charge in [0.1, 0.15) is 11.5 Å². The fourth-order valence-electron chi connectivity index (χ4n) is 1.63. The molecule has 1 aromatic rings. The van der Waals surface area contributed by atoms with Crippen LogP contribution in [-0.2, 0) is 0 Å². The maximum absolute atomic E-state index is 5.36. The highest BCUT2D eigenvalue weighted by molar-refractivity contribution is 9.09. The van der Waals surface area contributed by atoms with E-state index in [9.17, 15) is 0 Å². The zero-order valence-electron chi connectivity index (χ0n) is 10.3. The summed E-state index contributed by atoms with van der Waals surface area (Å²) >= 11 is 3.71. The second-order valence-corrected chi connectivity index (χ2v) is 5.31. The van der Waals surface area contributed by atoms with Gasteiger partial charge in [0.25, 0.3) is 0 Å². The van der Waals surface area contributed by atoms with Crippen LogP contribution in [0, 0.1) is 5.92 Å². The van der Waals surface area contributed by atoms with Crippen molar-refractivity contribution in [2.75, 3.05) is 14.2 Å². The van der Waals surface area contributed by atoms with Gasteiger partial charge in [0.2, 0.25) is 0 Å². The lowest BCUT2D eigenvalue weighted by atomic mass is 10.0. The first-order valence-corrected chi connectivity index (χ1v) is 6.36. The fourth-order valence-corrected chi connectivity index (χ4v) is 2.73. The first-order valence-electron chi connectivity index (χ1n) is 5.44. The van der Waals surface area contributed by atoms with E-state index in [2.05, 4.69) is 29.8 Å². The minimum absolute atomic E-state index is 0.303. The van der Waals surface area contributed by atoms with Gasteiger partial charge in [-0.1, -0.05) is 29.8 Å². The zero-order chi connectivity index (χ0) is 12.1. The van der Waals surface area contributed by atoms with Crippen molar-refractivity contribution >= 4 is 15.9 Å². The standard InChI is InChI=1S/C13H19BrO2/c1-9(2)7-12(14)11-8-10(15-3)5-6-13(11)16-4/h5-6,8-9,12H,7H2,1-4H3. The van der Waals surface area contributed by atoms with Gasteiger partial charge >= 0.3 is 0 Å². The van der Waals surface area contributed by atoms with Gasteiger partial charge < -0.3 is 9.47 Å². The second kappa shape index (κ2) is 6.14. The number of ether oxygens (including phenoxy) is 2. The molecule has 0 saturated carbocycles. The maximum Gasteiger partial charge on any atom is 0.123 e. The Hall–Kier alpha value is -0.700. The number of hydrogen-bond donors (Lipinski definition) is 0. The van der Waals surface area contributed by atoms with Gasteiger partial charge in [-0.25, -0.2) is 0 Å². The number of halogens is 1. The number of hydrogen-bond acceptors (Lipinski definition) is 2. The largest absolute Gasteiger partial charge is 0.497 e. The molecule has 0 saturated heterocycles. The number of rotatable bonds is 5. The molecule has 0 aliphatic rings. The number of alkyl halides is 1. The SMILES string of the molecule is COc1ccc(OC)c(C(Br)CC(C)C)c1. The average Bonchev–Trinajstić information content (AvgIpc) is 2.27. The third-order valence-corrected chi connectivity index (χ3v) is 3.32. The van der Waals surface area contributed by atoms with Crippen LogP contribution in [0.3, 0.4) is 0 Å². The van der Waals surface area contributed by atoms with Crippen molar-refractivity contribution in [3.63, 3.8) is 0 Å². The van der Waals surface area contributed by atoms with Gasteiger partial charge in [-0.05, 0) is 30.5 Å². The molecule has 0 amide bonds. The molecule has 16 heavy (non-hydrogen) atoms. The van der Waals surface area contributed by atoms with E-state index in [1.54, 1.807) is 14.2 Å². The van der Waals surface area contributed by atoms with Crippen LogP contribution in [-0.4, -0.2) is 14.2 Å². The lowest BCUT2D eigenvalue weighted by Crippen LogP contribution is -1.99. The van der Waals surface area contributed by atoms with Crippen molar-refractivity contribution in [3.05, 3.63) is 23.8 Å². The van der Waals surface area contributed by atoms with E-state index in [1.807, 2.05) is 18.2 Å². The molecule has 90 valence electrons. The minimum Gasteiger partial charge on any atom is -0.497 e. The van der Waals surface area contributed by atoms with Crippen LogP contribution < -0.4 is 9.47 Å². The molecule has 0 bridgehead atoms. The highest BCUT2D eigenvalue weighted by atomic mass is 79.9. The van der Waals surface area contributed by atoms with Crippen LogP contribution in [0.2, 0.25) is 0 Å². The Labute approximate surface area is 106 Å². The maximum atomic E-state index is 5.36. The van der Waals surface area contributed by atoms with Gasteiger partial charge in [0, 0.05) is 10.4 Å². The molecule has 1 aromatic carbocycles. The van der Waals surface area contributed by atoms with Crippen LogP contribution in [0.5, 0.6) is 11.5 Å². The third-order valence-electron chi connectivity index (χ3n) is 2.45. The highest BCUT2D eigenvalue weighted by Crippen LogP contribution is 2.37. The summed E-state index contributed by atoms with van der Waals surface area (Å²) in [7, 11) is 3.37. The number of benzene rings is 1. The summed E-state index contributed by atoms with van der Waals surface area (Å²) in [5.41, 5.74) is 1.15. The summed E-state index contributed by atoms with van der Waals surface area (Å²) in [6, 6.07) is 5.89. The molecule has 0 aliphatic heterocycles. The summed E-state index contributed by atoms with van der Waals surface area (Å²) in [5, 5.41) is 0. The molecule has 1 atom stereocenters. The minimum atomic E-state index is 0.303. The molecule has 0 spiro atoms. The predicted molar refractivity (Wildman–Crippen MR) is 70.7 cm³/mol. The van der Waals surface area contributed by atoms with Crippen molar-refractivity contribution in [3.8, 4) is 11.5 Å². The predicted octanol–water partition coefficient (Wildman–Crippen LogP) is 4.19. The molecule has 1 rings (SSSR count). The summed E-state index contributed by atoms with van der Waals surface area (Å²) in [4.78, 5) is 0.303. The normalized spacial score (nSPS) is 12.6. The van der Waals surface area contributed by atoms with Crippen molar-refractivity contribution in [2.45, 2.75) is 25.1 Å². The van der Waals surface area contributed by atoms with E-state index < -0.39 is 0 Å². The molecule has 2 nitrogen and oxygen atoms in total. The first kappa shape index (κ1) is 13.4. The summed E-state index contributed by atoms with van der Waals surface area (Å²) in [6.45, 7) is 4.42. The molecule has 0 fully saturated rings. The second-order valence-electron chi connectivity index (χ2n) is 4.20. The fraction of sp³-hybridized carbons (Fsp3) is 0.538. The van der Waals surface area contributed by atoms with Crippen molar-refractivity contribution in [2.24, 2.45) is 5.92 Å². The first-order chi connectivity index (χ1) is 7.58. The molecule has 0 heterocycles. The molecular weight excluding hydrogens is 268 g/mol. The zero-order valence-corrected chi connectivity index (χ0v) is 11.9. The van der Waals surface area contributed by atoms with Gasteiger partial charge in [-0.3, -0.25) is 0 Å². The van der Waals surface area contributed by atoms with E-state index >= 15 is 0 Å². The van der Waals surface area contributed by atoms with Gasteiger partial charge in [-0.15, -0.1) is 0 Å². The molecule has 0 aromatic heterocycles. The molecule has 3 heteroatoms. The smallest absolute Gasteiger partial charge is 0.123 e. The Morgan fingerprint density at radius 2 is 1.88 bits per heavy atom. The van der Waals surface area contributed by atoms with E-state index in [0.717, 1.165) is 23.5 Å². The quantitative estimate of drug-likeness (QED) is 0.756. The van der Waals surface area contributed by atoms with Crippen LogP contribution in [0.1, 0.15) is 30.7 Å². The summed E-state index contributed by atoms with van der Waals surface area (Å²) < 4.78 is 10.6. The van der Waals surface area contributed by atoms with E-state index in [-0.39, 0.29) is 0 Å². The van der Waals surface area contributed by atoms with Gasteiger partial charge in [0.15, 0.2) is 0 Å². The Balaban J connectivity index is 2.98.